The number of rotatable bonds is 2. The number of ketones is 1. The fourth-order valence-electron chi connectivity index (χ4n) is 1.68. The molecule has 0 aliphatic carbocycles. The van der Waals surface area contributed by atoms with E-state index in [0.29, 0.717) is 11.3 Å². The summed E-state index contributed by atoms with van der Waals surface area (Å²) in [4.78, 5) is 13.4. The van der Waals surface area contributed by atoms with Crippen molar-refractivity contribution >= 4 is 38.7 Å². The third-order valence-electron chi connectivity index (χ3n) is 2.59. The van der Waals surface area contributed by atoms with Crippen molar-refractivity contribution < 1.29 is 4.79 Å². The van der Waals surface area contributed by atoms with Crippen LogP contribution in [-0.4, -0.2) is 5.78 Å². The van der Waals surface area contributed by atoms with Crippen LogP contribution in [0.4, 0.5) is 5.69 Å². The molecule has 2 N–H and O–H groups in total. The summed E-state index contributed by atoms with van der Waals surface area (Å²) < 4.78 is 0.963. The van der Waals surface area contributed by atoms with E-state index in [0.717, 1.165) is 19.8 Å². The molecule has 0 saturated heterocycles. The molecule has 0 atom stereocenters. The number of anilines is 1. The molecule has 0 spiro atoms. The van der Waals surface area contributed by atoms with Gasteiger partial charge < -0.3 is 5.73 Å². The molecule has 0 saturated carbocycles. The molecule has 4 heteroatoms. The zero-order valence-corrected chi connectivity index (χ0v) is 12.0. The molecule has 2 aromatic rings. The van der Waals surface area contributed by atoms with Crippen LogP contribution in [0.1, 0.15) is 26.4 Å². The van der Waals surface area contributed by atoms with Crippen molar-refractivity contribution in [2.75, 3.05) is 5.73 Å². The molecule has 1 aromatic heterocycles. The van der Waals surface area contributed by atoms with E-state index in [-0.39, 0.29) is 5.78 Å². The van der Waals surface area contributed by atoms with Crippen molar-refractivity contribution in [3.63, 3.8) is 0 Å². The predicted octanol–water partition coefficient (Wildman–Crippen LogP) is 3.94. The summed E-state index contributed by atoms with van der Waals surface area (Å²) >= 11 is 4.95. The van der Waals surface area contributed by atoms with E-state index in [2.05, 4.69) is 15.9 Å². The Bertz CT molecular complexity index is 589. The molecule has 0 aliphatic heterocycles. The van der Waals surface area contributed by atoms with E-state index in [9.17, 15) is 4.79 Å². The van der Waals surface area contributed by atoms with Crippen molar-refractivity contribution in [1.29, 1.82) is 0 Å². The van der Waals surface area contributed by atoms with E-state index in [1.165, 1.54) is 0 Å². The summed E-state index contributed by atoms with van der Waals surface area (Å²) in [5.74, 6) is -0.00866. The van der Waals surface area contributed by atoms with Gasteiger partial charge >= 0.3 is 0 Å². The van der Waals surface area contributed by atoms with Crippen molar-refractivity contribution in [3.05, 3.63) is 49.6 Å². The summed E-state index contributed by atoms with van der Waals surface area (Å²) in [5, 5.41) is 0. The Balaban J connectivity index is 2.50. The van der Waals surface area contributed by atoms with Crippen LogP contribution in [0.3, 0.4) is 0 Å². The van der Waals surface area contributed by atoms with E-state index in [4.69, 9.17) is 5.73 Å². The SMILES string of the molecule is Cc1ccc(N)c(C(=O)c2cc(Br)sc2C)c1. The molecule has 2 nitrogen and oxygen atoms in total. The molecule has 2 rings (SSSR count). The first-order valence-electron chi connectivity index (χ1n) is 5.16. The van der Waals surface area contributed by atoms with Gasteiger partial charge in [0.15, 0.2) is 5.78 Å². The number of aryl methyl sites for hydroxylation is 2. The van der Waals surface area contributed by atoms with Crippen molar-refractivity contribution in [2.45, 2.75) is 13.8 Å². The van der Waals surface area contributed by atoms with Gasteiger partial charge in [-0.3, -0.25) is 4.79 Å². The Labute approximate surface area is 113 Å². The minimum absolute atomic E-state index is 0.00866. The normalized spacial score (nSPS) is 10.5. The average molecular weight is 310 g/mol. The standard InChI is InChI=1S/C13H12BrNOS/c1-7-3-4-11(15)10(5-7)13(16)9-6-12(14)17-8(9)2/h3-6H,15H2,1-2H3. The Morgan fingerprint density at radius 2 is 1.94 bits per heavy atom. The van der Waals surface area contributed by atoms with Crippen LogP contribution in [-0.2, 0) is 0 Å². The third-order valence-corrected chi connectivity index (χ3v) is 4.14. The Morgan fingerprint density at radius 3 is 2.53 bits per heavy atom. The lowest BCUT2D eigenvalue weighted by Crippen LogP contribution is -2.05. The van der Waals surface area contributed by atoms with Crippen LogP contribution in [0.2, 0.25) is 0 Å². The molecular formula is C13H12BrNOS. The lowest BCUT2D eigenvalue weighted by Gasteiger charge is -2.05. The van der Waals surface area contributed by atoms with Gasteiger partial charge in [-0.1, -0.05) is 11.6 Å². The van der Waals surface area contributed by atoms with Gasteiger partial charge in [0.05, 0.1) is 3.79 Å². The highest BCUT2D eigenvalue weighted by atomic mass is 79.9. The van der Waals surface area contributed by atoms with Gasteiger partial charge in [-0.05, 0) is 48.0 Å². The number of hydrogen-bond donors (Lipinski definition) is 1. The van der Waals surface area contributed by atoms with Crippen molar-refractivity contribution in [2.24, 2.45) is 0 Å². The number of carbonyl (C=O) groups is 1. The maximum absolute atomic E-state index is 12.4. The Hall–Kier alpha value is -1.13. The fourth-order valence-corrected chi connectivity index (χ4v) is 3.37. The van der Waals surface area contributed by atoms with Crippen LogP contribution >= 0.6 is 27.3 Å². The first-order valence-corrected chi connectivity index (χ1v) is 6.76. The summed E-state index contributed by atoms with van der Waals surface area (Å²) in [5.41, 5.74) is 8.73. The number of carbonyl (C=O) groups excluding carboxylic acids is 1. The van der Waals surface area contributed by atoms with Crippen molar-refractivity contribution in [3.8, 4) is 0 Å². The third kappa shape index (κ3) is 2.42. The van der Waals surface area contributed by atoms with E-state index >= 15 is 0 Å². The minimum Gasteiger partial charge on any atom is -0.398 e. The fraction of sp³-hybridized carbons (Fsp3) is 0.154. The molecule has 0 radical (unpaired) electrons. The molecule has 0 unspecified atom stereocenters. The van der Waals surface area contributed by atoms with Gasteiger partial charge in [0.1, 0.15) is 0 Å². The largest absolute Gasteiger partial charge is 0.398 e. The second-order valence-electron chi connectivity index (χ2n) is 3.94. The van der Waals surface area contributed by atoms with E-state index in [1.807, 2.05) is 32.0 Å². The van der Waals surface area contributed by atoms with Crippen LogP contribution < -0.4 is 5.73 Å². The quantitative estimate of drug-likeness (QED) is 0.674. The van der Waals surface area contributed by atoms with Gasteiger partial charge in [0, 0.05) is 21.7 Å². The zero-order valence-electron chi connectivity index (χ0n) is 9.58. The number of hydrogen-bond acceptors (Lipinski definition) is 3. The first-order chi connectivity index (χ1) is 7.99. The highest BCUT2D eigenvalue weighted by Gasteiger charge is 2.16. The van der Waals surface area contributed by atoms with Gasteiger partial charge in [-0.15, -0.1) is 11.3 Å². The molecular weight excluding hydrogens is 298 g/mol. The van der Waals surface area contributed by atoms with Crippen LogP contribution in [0.5, 0.6) is 0 Å². The van der Waals surface area contributed by atoms with Crippen LogP contribution in [0, 0.1) is 13.8 Å². The lowest BCUT2D eigenvalue weighted by atomic mass is 10.0. The number of nitrogen functional groups attached to an aromatic ring is 1. The first kappa shape index (κ1) is 12.3. The Kier molecular flexibility index (Phi) is 3.35. The van der Waals surface area contributed by atoms with Crippen molar-refractivity contribution in [1.82, 2.24) is 0 Å². The molecule has 0 amide bonds. The second-order valence-corrected chi connectivity index (χ2v) is 6.58. The maximum atomic E-state index is 12.4. The molecule has 0 fully saturated rings. The zero-order chi connectivity index (χ0) is 12.6. The Morgan fingerprint density at radius 1 is 1.24 bits per heavy atom. The van der Waals surface area contributed by atoms with Crippen LogP contribution in [0.25, 0.3) is 0 Å². The molecule has 17 heavy (non-hydrogen) atoms. The van der Waals surface area contributed by atoms with Gasteiger partial charge in [0.25, 0.3) is 0 Å². The van der Waals surface area contributed by atoms with Gasteiger partial charge in [0.2, 0.25) is 0 Å². The van der Waals surface area contributed by atoms with Crippen LogP contribution in [0.15, 0.2) is 28.1 Å². The maximum Gasteiger partial charge on any atom is 0.196 e. The highest BCUT2D eigenvalue weighted by molar-refractivity contribution is 9.11. The summed E-state index contributed by atoms with van der Waals surface area (Å²) in [6.07, 6.45) is 0. The monoisotopic (exact) mass is 309 g/mol. The summed E-state index contributed by atoms with van der Waals surface area (Å²) in [7, 11) is 0. The summed E-state index contributed by atoms with van der Waals surface area (Å²) in [6, 6.07) is 7.37. The molecule has 88 valence electrons. The molecule has 1 aromatic carbocycles. The predicted molar refractivity (Wildman–Crippen MR) is 75.8 cm³/mol. The lowest BCUT2D eigenvalue weighted by molar-refractivity contribution is 0.103. The highest BCUT2D eigenvalue weighted by Crippen LogP contribution is 2.29. The smallest absolute Gasteiger partial charge is 0.196 e. The minimum atomic E-state index is -0.00866. The number of nitrogens with two attached hydrogens (primary N) is 1. The average Bonchev–Trinajstić information content (AvgIpc) is 2.60. The second kappa shape index (κ2) is 4.63. The molecule has 1 heterocycles. The van der Waals surface area contributed by atoms with E-state index < -0.39 is 0 Å². The molecule has 0 bridgehead atoms. The molecule has 0 aliphatic rings. The van der Waals surface area contributed by atoms with E-state index in [1.54, 1.807) is 17.4 Å². The topological polar surface area (TPSA) is 43.1 Å². The number of halogens is 1. The van der Waals surface area contributed by atoms with Gasteiger partial charge in [-0.2, -0.15) is 0 Å². The summed E-state index contributed by atoms with van der Waals surface area (Å²) in [6.45, 7) is 3.89. The van der Waals surface area contributed by atoms with Gasteiger partial charge in [-0.25, -0.2) is 0 Å². The number of benzene rings is 1. The number of thiophene rings is 1.